The minimum Gasteiger partial charge on any atom is -0.497 e. The van der Waals surface area contributed by atoms with Gasteiger partial charge in [-0.3, -0.25) is 14.5 Å². The van der Waals surface area contributed by atoms with Gasteiger partial charge in [0.15, 0.2) is 0 Å². The van der Waals surface area contributed by atoms with Gasteiger partial charge >= 0.3 is 0 Å². The van der Waals surface area contributed by atoms with E-state index in [9.17, 15) is 9.59 Å². The zero-order valence-electron chi connectivity index (χ0n) is 15.1. The van der Waals surface area contributed by atoms with Crippen molar-refractivity contribution in [1.29, 1.82) is 0 Å². The predicted molar refractivity (Wildman–Crippen MR) is 98.0 cm³/mol. The molecule has 1 fully saturated rings. The van der Waals surface area contributed by atoms with Crippen LogP contribution < -0.4 is 20.3 Å². The first-order chi connectivity index (χ1) is 12.1. The lowest BCUT2D eigenvalue weighted by Gasteiger charge is -2.35. The van der Waals surface area contributed by atoms with Crippen LogP contribution in [0.3, 0.4) is 0 Å². The minimum atomic E-state index is -0.141. The molecular formula is C18H28N4O3. The fourth-order valence-electron chi connectivity index (χ4n) is 2.74. The number of hydrogen-bond acceptors (Lipinski definition) is 5. The van der Waals surface area contributed by atoms with Gasteiger partial charge in [-0.1, -0.05) is 13.0 Å². The molecule has 2 amide bonds. The number of carbonyl (C=O) groups excluding carboxylic acids is 2. The van der Waals surface area contributed by atoms with E-state index in [2.05, 4.69) is 26.5 Å². The third kappa shape index (κ3) is 6.26. The highest BCUT2D eigenvalue weighted by atomic mass is 16.5. The summed E-state index contributed by atoms with van der Waals surface area (Å²) in [5.41, 5.74) is 1.14. The molecule has 1 aromatic carbocycles. The average Bonchev–Trinajstić information content (AvgIpc) is 2.65. The van der Waals surface area contributed by atoms with E-state index in [1.165, 1.54) is 0 Å². The van der Waals surface area contributed by atoms with Crippen LogP contribution in [0.2, 0.25) is 0 Å². The number of nitrogens with zero attached hydrogens (tertiary/aromatic N) is 2. The second-order valence-corrected chi connectivity index (χ2v) is 6.09. The van der Waals surface area contributed by atoms with Crippen molar-refractivity contribution in [3.8, 4) is 5.75 Å². The van der Waals surface area contributed by atoms with E-state index in [0.717, 1.165) is 44.0 Å². The van der Waals surface area contributed by atoms with Crippen LogP contribution in [0.25, 0.3) is 0 Å². The molecule has 0 bridgehead atoms. The molecule has 1 saturated heterocycles. The van der Waals surface area contributed by atoms with Crippen molar-refractivity contribution in [3.63, 3.8) is 0 Å². The Bertz CT molecular complexity index is 571. The van der Waals surface area contributed by atoms with Crippen LogP contribution in [0, 0.1) is 0 Å². The Hall–Kier alpha value is -2.28. The van der Waals surface area contributed by atoms with Crippen LogP contribution >= 0.6 is 0 Å². The number of amides is 2. The zero-order chi connectivity index (χ0) is 18.1. The number of nitrogens with one attached hydrogen (secondary N) is 2. The lowest BCUT2D eigenvalue weighted by atomic mass is 10.2. The number of benzene rings is 1. The molecule has 25 heavy (non-hydrogen) atoms. The normalized spacial score (nSPS) is 14.9. The number of anilines is 1. The molecule has 138 valence electrons. The van der Waals surface area contributed by atoms with Gasteiger partial charge in [-0.25, -0.2) is 0 Å². The molecule has 7 heteroatoms. The lowest BCUT2D eigenvalue weighted by Crippen LogP contribution is -2.50. The molecule has 0 aromatic heterocycles. The summed E-state index contributed by atoms with van der Waals surface area (Å²) < 4.78 is 5.27. The Balaban J connectivity index is 1.71. The van der Waals surface area contributed by atoms with Crippen LogP contribution in [0.4, 0.5) is 5.69 Å². The van der Waals surface area contributed by atoms with Gasteiger partial charge in [0.1, 0.15) is 5.75 Å². The summed E-state index contributed by atoms with van der Waals surface area (Å²) >= 11 is 0. The second-order valence-electron chi connectivity index (χ2n) is 6.09. The molecule has 0 atom stereocenters. The third-order valence-electron chi connectivity index (χ3n) is 4.18. The standard InChI is InChI=1S/C18H28N4O3/c1-3-7-19-17(23)13-20-18(24)14-21-8-10-22(11-9-21)15-5-4-6-16(12-15)25-2/h4-6,12H,3,7-11,13-14H2,1-2H3,(H,19,23)(H,20,24). The molecule has 0 saturated carbocycles. The van der Waals surface area contributed by atoms with Crippen LogP contribution in [-0.2, 0) is 9.59 Å². The number of carbonyl (C=O) groups is 2. The van der Waals surface area contributed by atoms with Crippen molar-refractivity contribution in [3.05, 3.63) is 24.3 Å². The molecule has 1 aliphatic heterocycles. The van der Waals surface area contributed by atoms with Crippen molar-refractivity contribution in [1.82, 2.24) is 15.5 Å². The Morgan fingerprint density at radius 2 is 1.88 bits per heavy atom. The number of rotatable bonds is 8. The molecule has 0 radical (unpaired) electrons. The Labute approximate surface area is 149 Å². The summed E-state index contributed by atoms with van der Waals surface area (Å²) in [5, 5.41) is 5.41. The van der Waals surface area contributed by atoms with Crippen LogP contribution in [0.5, 0.6) is 5.75 Å². The van der Waals surface area contributed by atoms with Crippen LogP contribution in [0.1, 0.15) is 13.3 Å². The molecular weight excluding hydrogens is 320 g/mol. The molecule has 1 heterocycles. The number of ether oxygens (including phenoxy) is 1. The van der Waals surface area contributed by atoms with Crippen LogP contribution in [-0.4, -0.2) is 69.6 Å². The van der Waals surface area contributed by atoms with Gasteiger partial charge in [0.25, 0.3) is 0 Å². The van der Waals surface area contributed by atoms with E-state index in [1.807, 2.05) is 25.1 Å². The van der Waals surface area contributed by atoms with Crippen molar-refractivity contribution < 1.29 is 14.3 Å². The van der Waals surface area contributed by atoms with Gasteiger partial charge in [-0.05, 0) is 18.6 Å². The first kappa shape index (κ1) is 19.1. The highest BCUT2D eigenvalue weighted by Gasteiger charge is 2.19. The summed E-state index contributed by atoms with van der Waals surface area (Å²) in [4.78, 5) is 27.8. The Morgan fingerprint density at radius 1 is 1.12 bits per heavy atom. The zero-order valence-corrected chi connectivity index (χ0v) is 15.1. The quantitative estimate of drug-likeness (QED) is 0.714. The highest BCUT2D eigenvalue weighted by Crippen LogP contribution is 2.21. The number of hydrogen-bond donors (Lipinski definition) is 2. The Kier molecular flexibility index (Phi) is 7.53. The van der Waals surface area contributed by atoms with Gasteiger partial charge < -0.3 is 20.3 Å². The third-order valence-corrected chi connectivity index (χ3v) is 4.18. The molecule has 7 nitrogen and oxygen atoms in total. The largest absolute Gasteiger partial charge is 0.497 e. The van der Waals surface area contributed by atoms with E-state index in [-0.39, 0.29) is 18.4 Å². The Morgan fingerprint density at radius 3 is 2.56 bits per heavy atom. The van der Waals surface area contributed by atoms with Crippen LogP contribution in [0.15, 0.2) is 24.3 Å². The maximum atomic E-state index is 12.0. The van der Waals surface area contributed by atoms with Gasteiger partial charge in [0.2, 0.25) is 11.8 Å². The van der Waals surface area contributed by atoms with Gasteiger partial charge in [-0.15, -0.1) is 0 Å². The summed E-state index contributed by atoms with van der Waals surface area (Å²) in [6, 6.07) is 8.01. The molecule has 1 aromatic rings. The van der Waals surface area contributed by atoms with E-state index in [4.69, 9.17) is 4.74 Å². The van der Waals surface area contributed by atoms with E-state index >= 15 is 0 Å². The first-order valence-corrected chi connectivity index (χ1v) is 8.77. The molecule has 0 unspecified atom stereocenters. The van der Waals surface area contributed by atoms with Gasteiger partial charge in [0.05, 0.1) is 20.2 Å². The monoisotopic (exact) mass is 348 g/mol. The van der Waals surface area contributed by atoms with E-state index in [1.54, 1.807) is 7.11 Å². The van der Waals surface area contributed by atoms with Crippen molar-refractivity contribution in [2.24, 2.45) is 0 Å². The predicted octanol–water partition coefficient (Wildman–Crippen LogP) is 0.460. The molecule has 2 N–H and O–H groups in total. The summed E-state index contributed by atoms with van der Waals surface area (Å²) in [6.45, 7) is 6.34. The SMILES string of the molecule is CCCNC(=O)CNC(=O)CN1CCN(c2cccc(OC)c2)CC1. The second kappa shape index (κ2) is 9.88. The summed E-state index contributed by atoms with van der Waals surface area (Å²) in [7, 11) is 1.66. The minimum absolute atomic E-state index is 0.0443. The summed E-state index contributed by atoms with van der Waals surface area (Å²) in [6.07, 6.45) is 0.886. The van der Waals surface area contributed by atoms with E-state index in [0.29, 0.717) is 13.1 Å². The van der Waals surface area contributed by atoms with Gasteiger partial charge in [0, 0.05) is 44.5 Å². The first-order valence-electron chi connectivity index (χ1n) is 8.77. The van der Waals surface area contributed by atoms with Crippen molar-refractivity contribution in [2.75, 3.05) is 57.8 Å². The lowest BCUT2D eigenvalue weighted by molar-refractivity contribution is -0.126. The molecule has 2 rings (SSSR count). The van der Waals surface area contributed by atoms with Crippen molar-refractivity contribution >= 4 is 17.5 Å². The topological polar surface area (TPSA) is 73.9 Å². The number of piperazine rings is 1. The maximum absolute atomic E-state index is 12.0. The molecule has 0 aliphatic carbocycles. The molecule has 1 aliphatic rings. The fourth-order valence-corrected chi connectivity index (χ4v) is 2.74. The smallest absolute Gasteiger partial charge is 0.239 e. The van der Waals surface area contributed by atoms with Crippen molar-refractivity contribution in [2.45, 2.75) is 13.3 Å². The maximum Gasteiger partial charge on any atom is 0.239 e. The fraction of sp³-hybridized carbons (Fsp3) is 0.556. The molecule has 0 spiro atoms. The van der Waals surface area contributed by atoms with E-state index < -0.39 is 0 Å². The summed E-state index contributed by atoms with van der Waals surface area (Å²) in [5.74, 6) is 0.597. The van der Waals surface area contributed by atoms with Gasteiger partial charge in [-0.2, -0.15) is 0 Å². The average molecular weight is 348 g/mol. The highest BCUT2D eigenvalue weighted by molar-refractivity contribution is 5.85. The number of methoxy groups -OCH3 is 1.